The van der Waals surface area contributed by atoms with Gasteiger partial charge in [-0.3, -0.25) is 9.59 Å². The Bertz CT molecular complexity index is 417. The molecule has 0 aliphatic rings. The fraction of sp³-hybridized carbons (Fsp3) is 0.467. The number of carbonyl (C=O) groups is 2. The van der Waals surface area contributed by atoms with Crippen molar-refractivity contribution in [2.45, 2.75) is 32.1 Å². The highest BCUT2D eigenvalue weighted by Crippen LogP contribution is 2.23. The first-order valence-electron chi connectivity index (χ1n) is 6.55. The maximum Gasteiger partial charge on any atom is 0.305 e. The molecule has 1 unspecified atom stereocenters. The summed E-state index contributed by atoms with van der Waals surface area (Å²) in [6, 6.07) is 9.95. The van der Waals surface area contributed by atoms with Crippen LogP contribution in [0.2, 0.25) is 0 Å². The molecule has 0 fully saturated rings. The van der Waals surface area contributed by atoms with Crippen LogP contribution in [0.25, 0.3) is 0 Å². The highest BCUT2D eigenvalue weighted by atomic mass is 16.4. The van der Waals surface area contributed by atoms with Crippen LogP contribution >= 0.6 is 0 Å². The molecule has 1 N–H and O–H groups in total. The minimum Gasteiger partial charge on any atom is -0.481 e. The molecule has 19 heavy (non-hydrogen) atoms. The summed E-state index contributed by atoms with van der Waals surface area (Å²) in [5.74, 6) is -0.687. The van der Waals surface area contributed by atoms with Crippen LogP contribution in [0, 0.1) is 0 Å². The molecular formula is C15H21NO3. The zero-order valence-electron chi connectivity index (χ0n) is 11.5. The Balaban J connectivity index is 2.56. The lowest BCUT2D eigenvalue weighted by atomic mass is 9.93. The lowest BCUT2D eigenvalue weighted by Crippen LogP contribution is -2.30. The molecular weight excluding hydrogens is 242 g/mol. The van der Waals surface area contributed by atoms with Crippen molar-refractivity contribution < 1.29 is 14.7 Å². The van der Waals surface area contributed by atoms with Gasteiger partial charge in [0.15, 0.2) is 0 Å². The first-order chi connectivity index (χ1) is 9.04. The molecule has 0 aliphatic heterocycles. The topological polar surface area (TPSA) is 57.6 Å². The number of nitrogens with zero attached hydrogens (tertiary/aromatic N) is 1. The maximum absolute atomic E-state index is 12.0. The van der Waals surface area contributed by atoms with E-state index in [2.05, 4.69) is 6.92 Å². The van der Waals surface area contributed by atoms with Crippen molar-refractivity contribution in [2.75, 3.05) is 13.6 Å². The summed E-state index contributed by atoms with van der Waals surface area (Å²) in [5, 5.41) is 8.61. The number of rotatable bonds is 7. The van der Waals surface area contributed by atoms with E-state index >= 15 is 0 Å². The fourth-order valence-electron chi connectivity index (χ4n) is 1.98. The summed E-state index contributed by atoms with van der Waals surface area (Å²) in [5.41, 5.74) is 1.16. The number of amides is 1. The molecule has 0 radical (unpaired) electrons. The molecule has 4 heteroatoms. The molecule has 1 aromatic carbocycles. The van der Waals surface area contributed by atoms with E-state index in [-0.39, 0.29) is 24.8 Å². The van der Waals surface area contributed by atoms with Crippen molar-refractivity contribution in [3.8, 4) is 0 Å². The molecule has 0 aliphatic carbocycles. The normalized spacial score (nSPS) is 11.9. The van der Waals surface area contributed by atoms with E-state index in [4.69, 9.17) is 5.11 Å². The Morgan fingerprint density at radius 3 is 2.42 bits per heavy atom. The third kappa shape index (κ3) is 5.12. The van der Waals surface area contributed by atoms with Gasteiger partial charge in [-0.1, -0.05) is 37.3 Å². The molecule has 1 aromatic rings. The third-order valence-electron chi connectivity index (χ3n) is 3.27. The van der Waals surface area contributed by atoms with Crippen LogP contribution in [0.1, 0.15) is 37.7 Å². The molecule has 4 nitrogen and oxygen atoms in total. The summed E-state index contributed by atoms with van der Waals surface area (Å²) in [4.78, 5) is 24.0. The van der Waals surface area contributed by atoms with Gasteiger partial charge >= 0.3 is 5.97 Å². The molecule has 1 atom stereocenters. The van der Waals surface area contributed by atoms with E-state index in [1.165, 1.54) is 4.90 Å². The number of carboxylic acids is 1. The number of aliphatic carboxylic acids is 1. The van der Waals surface area contributed by atoms with Gasteiger partial charge in [0.05, 0.1) is 6.42 Å². The van der Waals surface area contributed by atoms with E-state index in [0.717, 1.165) is 12.0 Å². The fourth-order valence-corrected chi connectivity index (χ4v) is 1.98. The SMILES string of the molecule is CCC(CC(=O)N(C)CCC(=O)O)c1ccccc1. The van der Waals surface area contributed by atoms with Crippen LogP contribution in [0.15, 0.2) is 30.3 Å². The first kappa shape index (κ1) is 15.2. The van der Waals surface area contributed by atoms with Crippen LogP contribution < -0.4 is 0 Å². The summed E-state index contributed by atoms with van der Waals surface area (Å²) < 4.78 is 0. The Hall–Kier alpha value is -1.84. The summed E-state index contributed by atoms with van der Waals surface area (Å²) in [6.07, 6.45) is 1.31. The molecule has 104 valence electrons. The van der Waals surface area contributed by atoms with Gasteiger partial charge in [0.25, 0.3) is 0 Å². The number of hydrogen-bond acceptors (Lipinski definition) is 2. The molecule has 0 saturated heterocycles. The molecule has 0 bridgehead atoms. The van der Waals surface area contributed by atoms with Gasteiger partial charge in [-0.2, -0.15) is 0 Å². The lowest BCUT2D eigenvalue weighted by molar-refractivity contribution is -0.138. The van der Waals surface area contributed by atoms with E-state index in [9.17, 15) is 9.59 Å². The molecule has 1 rings (SSSR count). The molecule has 0 heterocycles. The lowest BCUT2D eigenvalue weighted by Gasteiger charge is -2.20. The summed E-state index contributed by atoms with van der Waals surface area (Å²) >= 11 is 0. The van der Waals surface area contributed by atoms with Crippen molar-refractivity contribution in [1.82, 2.24) is 4.90 Å². The van der Waals surface area contributed by atoms with E-state index in [0.29, 0.717) is 6.42 Å². The van der Waals surface area contributed by atoms with Crippen LogP contribution in [0.3, 0.4) is 0 Å². The van der Waals surface area contributed by atoms with Crippen molar-refractivity contribution in [2.24, 2.45) is 0 Å². The number of hydrogen-bond donors (Lipinski definition) is 1. The molecule has 1 amide bonds. The predicted octanol–water partition coefficient (Wildman–Crippen LogP) is 2.50. The average molecular weight is 263 g/mol. The van der Waals surface area contributed by atoms with Gasteiger partial charge in [-0.25, -0.2) is 0 Å². The van der Waals surface area contributed by atoms with Crippen LogP contribution in [-0.4, -0.2) is 35.5 Å². The highest BCUT2D eigenvalue weighted by molar-refractivity contribution is 5.77. The van der Waals surface area contributed by atoms with Crippen molar-refractivity contribution in [3.05, 3.63) is 35.9 Å². The summed E-state index contributed by atoms with van der Waals surface area (Å²) in [7, 11) is 1.66. The second-order valence-corrected chi connectivity index (χ2v) is 4.68. The van der Waals surface area contributed by atoms with Crippen LogP contribution in [0.4, 0.5) is 0 Å². The third-order valence-corrected chi connectivity index (χ3v) is 3.27. The number of benzene rings is 1. The average Bonchev–Trinajstić information content (AvgIpc) is 2.42. The Labute approximate surface area is 114 Å². The zero-order chi connectivity index (χ0) is 14.3. The van der Waals surface area contributed by atoms with Gasteiger partial charge in [0.1, 0.15) is 0 Å². The minimum absolute atomic E-state index is 0.00282. The molecule has 0 saturated carbocycles. The van der Waals surface area contributed by atoms with Crippen molar-refractivity contribution in [1.29, 1.82) is 0 Å². The second kappa shape index (κ2) is 7.56. The van der Waals surface area contributed by atoms with Crippen molar-refractivity contribution >= 4 is 11.9 Å². The zero-order valence-corrected chi connectivity index (χ0v) is 11.5. The quantitative estimate of drug-likeness (QED) is 0.822. The van der Waals surface area contributed by atoms with Gasteiger partial charge in [-0.15, -0.1) is 0 Å². The number of carboxylic acid groups (broad SMARTS) is 1. The van der Waals surface area contributed by atoms with Gasteiger partial charge in [-0.05, 0) is 17.9 Å². The summed E-state index contributed by atoms with van der Waals surface area (Å²) in [6.45, 7) is 2.32. The second-order valence-electron chi connectivity index (χ2n) is 4.68. The van der Waals surface area contributed by atoms with Gasteiger partial charge in [0.2, 0.25) is 5.91 Å². The van der Waals surface area contributed by atoms with Crippen LogP contribution in [-0.2, 0) is 9.59 Å². The van der Waals surface area contributed by atoms with E-state index in [1.807, 2.05) is 30.3 Å². The number of carbonyl (C=O) groups excluding carboxylic acids is 1. The Morgan fingerprint density at radius 2 is 1.89 bits per heavy atom. The smallest absolute Gasteiger partial charge is 0.305 e. The van der Waals surface area contributed by atoms with E-state index in [1.54, 1.807) is 7.05 Å². The molecule has 0 aromatic heterocycles. The Kier molecular flexibility index (Phi) is 6.06. The predicted molar refractivity (Wildman–Crippen MR) is 74.0 cm³/mol. The monoisotopic (exact) mass is 263 g/mol. The largest absolute Gasteiger partial charge is 0.481 e. The minimum atomic E-state index is -0.880. The first-order valence-corrected chi connectivity index (χ1v) is 6.55. The Morgan fingerprint density at radius 1 is 1.26 bits per heavy atom. The highest BCUT2D eigenvalue weighted by Gasteiger charge is 2.17. The molecule has 0 spiro atoms. The van der Waals surface area contributed by atoms with Crippen LogP contribution in [0.5, 0.6) is 0 Å². The van der Waals surface area contributed by atoms with Crippen molar-refractivity contribution in [3.63, 3.8) is 0 Å². The van der Waals surface area contributed by atoms with Gasteiger partial charge < -0.3 is 10.0 Å². The van der Waals surface area contributed by atoms with E-state index < -0.39 is 5.97 Å². The standard InChI is InChI=1S/C15H21NO3/c1-3-12(13-7-5-4-6-8-13)11-14(17)16(2)10-9-15(18)19/h4-8,12H,3,9-11H2,1-2H3,(H,18,19). The van der Waals surface area contributed by atoms with Gasteiger partial charge in [0, 0.05) is 20.0 Å². The maximum atomic E-state index is 12.0.